The first kappa shape index (κ1) is 21.3. The molecule has 0 saturated carbocycles. The first-order valence-corrected chi connectivity index (χ1v) is 10.3. The predicted octanol–water partition coefficient (Wildman–Crippen LogP) is 3.94. The Bertz CT molecular complexity index is 803. The van der Waals surface area contributed by atoms with Crippen molar-refractivity contribution < 1.29 is 14.8 Å². The Morgan fingerprint density at radius 1 is 1.22 bits per heavy atom. The highest BCUT2D eigenvalue weighted by Crippen LogP contribution is 2.24. The van der Waals surface area contributed by atoms with E-state index in [4.69, 9.17) is 5.21 Å². The van der Waals surface area contributed by atoms with Crippen LogP contribution in [0, 0.1) is 6.92 Å². The minimum absolute atomic E-state index is 0.141. The Labute approximate surface area is 170 Å². The van der Waals surface area contributed by atoms with E-state index >= 15 is 0 Å². The molecule has 2 aromatic rings. The number of hydroxylamine groups is 1. The molecular formula is C19H22BrN3O3S. The molecule has 8 heteroatoms. The molecule has 0 bridgehead atoms. The van der Waals surface area contributed by atoms with Crippen LogP contribution in [0.3, 0.4) is 0 Å². The molecule has 2 amide bonds. The second kappa shape index (κ2) is 11.0. The third-order valence-corrected chi connectivity index (χ3v) is 5.36. The summed E-state index contributed by atoms with van der Waals surface area (Å²) in [6.07, 6.45) is 4.37. The van der Waals surface area contributed by atoms with E-state index in [0.29, 0.717) is 18.5 Å². The van der Waals surface area contributed by atoms with E-state index in [1.165, 1.54) is 11.3 Å². The monoisotopic (exact) mass is 451 g/mol. The van der Waals surface area contributed by atoms with E-state index in [9.17, 15) is 9.59 Å². The maximum absolute atomic E-state index is 12.7. The number of thiazole rings is 1. The minimum Gasteiger partial charge on any atom is -0.352 e. The molecule has 6 nitrogen and oxygen atoms in total. The van der Waals surface area contributed by atoms with Gasteiger partial charge in [0.2, 0.25) is 5.91 Å². The van der Waals surface area contributed by atoms with Gasteiger partial charge in [0.15, 0.2) is 0 Å². The van der Waals surface area contributed by atoms with Crippen LogP contribution in [-0.4, -0.2) is 28.6 Å². The zero-order valence-electron chi connectivity index (χ0n) is 15.0. The number of nitrogens with zero attached hydrogens (tertiary/aromatic N) is 1. The van der Waals surface area contributed by atoms with Crippen molar-refractivity contribution in [2.24, 2.45) is 0 Å². The van der Waals surface area contributed by atoms with Crippen molar-refractivity contribution in [3.63, 3.8) is 0 Å². The number of rotatable bonds is 9. The molecular weight excluding hydrogens is 430 g/mol. The van der Waals surface area contributed by atoms with Gasteiger partial charge >= 0.3 is 0 Å². The zero-order chi connectivity index (χ0) is 19.6. The standard InChI is InChI=1S/C19H22BrN3O3S/c1-13-17(27-12-22-13)11-16(14-6-8-15(20)9-7-14)19(25)21-10-4-2-3-5-18(24)23-26/h6-9,11-12,26H,2-5,10H2,1H3,(H,21,25)(H,23,24)/b16-11-. The van der Waals surface area contributed by atoms with Crippen molar-refractivity contribution in [2.75, 3.05) is 6.54 Å². The highest BCUT2D eigenvalue weighted by Gasteiger charge is 2.13. The van der Waals surface area contributed by atoms with Gasteiger partial charge in [0.05, 0.1) is 16.1 Å². The Morgan fingerprint density at radius 3 is 2.59 bits per heavy atom. The molecule has 1 aromatic heterocycles. The molecule has 27 heavy (non-hydrogen) atoms. The summed E-state index contributed by atoms with van der Waals surface area (Å²) in [4.78, 5) is 28.9. The number of aryl methyl sites for hydroxylation is 1. The van der Waals surface area contributed by atoms with Crippen LogP contribution in [0.2, 0.25) is 0 Å². The van der Waals surface area contributed by atoms with Crippen LogP contribution in [0.5, 0.6) is 0 Å². The number of hydrogen-bond donors (Lipinski definition) is 3. The van der Waals surface area contributed by atoms with E-state index in [2.05, 4.69) is 26.2 Å². The average molecular weight is 452 g/mol. The number of carbonyl (C=O) groups excluding carboxylic acids is 2. The quantitative estimate of drug-likeness (QED) is 0.233. The molecule has 0 aliphatic heterocycles. The first-order valence-electron chi connectivity index (χ1n) is 8.60. The summed E-state index contributed by atoms with van der Waals surface area (Å²) < 4.78 is 0.951. The molecule has 0 aliphatic rings. The lowest BCUT2D eigenvalue weighted by molar-refractivity contribution is -0.129. The van der Waals surface area contributed by atoms with Gasteiger partial charge in [-0.15, -0.1) is 11.3 Å². The lowest BCUT2D eigenvalue weighted by Crippen LogP contribution is -2.25. The van der Waals surface area contributed by atoms with Crippen molar-refractivity contribution in [2.45, 2.75) is 32.6 Å². The molecule has 1 heterocycles. The topological polar surface area (TPSA) is 91.3 Å². The Morgan fingerprint density at radius 2 is 1.96 bits per heavy atom. The fourth-order valence-corrected chi connectivity index (χ4v) is 3.43. The van der Waals surface area contributed by atoms with Crippen LogP contribution in [0.15, 0.2) is 34.2 Å². The summed E-state index contributed by atoms with van der Waals surface area (Å²) in [5.41, 5.74) is 5.70. The number of carbonyl (C=O) groups is 2. The second-order valence-corrected chi connectivity index (χ2v) is 7.77. The van der Waals surface area contributed by atoms with Gasteiger partial charge < -0.3 is 5.32 Å². The Hall–Kier alpha value is -2.03. The molecule has 1 aromatic carbocycles. The molecule has 0 spiro atoms. The van der Waals surface area contributed by atoms with E-state index in [-0.39, 0.29) is 18.2 Å². The molecule has 2 rings (SSSR count). The normalized spacial score (nSPS) is 11.3. The van der Waals surface area contributed by atoms with Crippen LogP contribution in [0.1, 0.15) is 41.8 Å². The number of benzene rings is 1. The van der Waals surface area contributed by atoms with Crippen LogP contribution >= 0.6 is 27.3 Å². The molecule has 0 unspecified atom stereocenters. The number of halogens is 1. The fourth-order valence-electron chi connectivity index (χ4n) is 2.43. The SMILES string of the molecule is Cc1ncsc1/C=C(\C(=O)NCCCCCC(=O)NO)c1ccc(Br)cc1. The van der Waals surface area contributed by atoms with Crippen LogP contribution in [-0.2, 0) is 9.59 Å². The van der Waals surface area contributed by atoms with Crippen molar-refractivity contribution in [3.05, 3.63) is 50.4 Å². The fraction of sp³-hybridized carbons (Fsp3) is 0.316. The van der Waals surface area contributed by atoms with Gasteiger partial charge in [-0.3, -0.25) is 14.8 Å². The van der Waals surface area contributed by atoms with Crippen LogP contribution in [0.4, 0.5) is 0 Å². The van der Waals surface area contributed by atoms with Crippen molar-refractivity contribution in [1.82, 2.24) is 15.8 Å². The van der Waals surface area contributed by atoms with Gasteiger partial charge in [0.25, 0.3) is 5.91 Å². The maximum Gasteiger partial charge on any atom is 0.251 e. The summed E-state index contributed by atoms with van der Waals surface area (Å²) in [6.45, 7) is 2.44. The van der Waals surface area contributed by atoms with Gasteiger partial charge in [-0.1, -0.05) is 34.5 Å². The van der Waals surface area contributed by atoms with E-state index in [1.807, 2.05) is 37.3 Å². The molecule has 0 radical (unpaired) electrons. The third kappa shape index (κ3) is 6.89. The highest BCUT2D eigenvalue weighted by atomic mass is 79.9. The van der Waals surface area contributed by atoms with Gasteiger partial charge in [0.1, 0.15) is 0 Å². The second-order valence-electron chi connectivity index (χ2n) is 5.97. The summed E-state index contributed by atoms with van der Waals surface area (Å²) in [7, 11) is 0. The lowest BCUT2D eigenvalue weighted by Gasteiger charge is -2.10. The number of nitrogens with one attached hydrogen (secondary N) is 2. The number of unbranched alkanes of at least 4 members (excludes halogenated alkanes) is 2. The molecule has 0 aliphatic carbocycles. The summed E-state index contributed by atoms with van der Waals surface area (Å²) in [6, 6.07) is 7.61. The largest absolute Gasteiger partial charge is 0.352 e. The predicted molar refractivity (Wildman–Crippen MR) is 110 cm³/mol. The van der Waals surface area contributed by atoms with E-state index in [1.54, 1.807) is 11.0 Å². The van der Waals surface area contributed by atoms with Crippen LogP contribution < -0.4 is 10.8 Å². The van der Waals surface area contributed by atoms with Gasteiger partial charge in [0, 0.05) is 23.0 Å². The van der Waals surface area contributed by atoms with Crippen molar-refractivity contribution in [3.8, 4) is 0 Å². The first-order chi connectivity index (χ1) is 13.0. The molecule has 0 fully saturated rings. The van der Waals surface area contributed by atoms with Gasteiger partial charge in [-0.2, -0.15) is 0 Å². The Balaban J connectivity index is 2.00. The molecule has 144 valence electrons. The van der Waals surface area contributed by atoms with Crippen molar-refractivity contribution >= 4 is 50.7 Å². The minimum atomic E-state index is -0.389. The highest BCUT2D eigenvalue weighted by molar-refractivity contribution is 9.10. The number of aromatic nitrogens is 1. The summed E-state index contributed by atoms with van der Waals surface area (Å²) >= 11 is 4.91. The Kier molecular flexibility index (Phi) is 8.63. The smallest absolute Gasteiger partial charge is 0.251 e. The summed E-state index contributed by atoms with van der Waals surface area (Å²) in [5, 5.41) is 11.4. The van der Waals surface area contributed by atoms with Crippen molar-refractivity contribution in [1.29, 1.82) is 0 Å². The average Bonchev–Trinajstić information content (AvgIpc) is 3.07. The van der Waals surface area contributed by atoms with E-state index < -0.39 is 0 Å². The summed E-state index contributed by atoms with van der Waals surface area (Å²) in [5.74, 6) is -0.530. The van der Waals surface area contributed by atoms with E-state index in [0.717, 1.165) is 33.4 Å². The van der Waals surface area contributed by atoms with Gasteiger partial charge in [-0.05, 0) is 43.5 Å². The lowest BCUT2D eigenvalue weighted by atomic mass is 10.0. The maximum atomic E-state index is 12.7. The zero-order valence-corrected chi connectivity index (χ0v) is 17.4. The third-order valence-electron chi connectivity index (χ3n) is 3.95. The number of hydrogen-bond acceptors (Lipinski definition) is 5. The molecule has 0 saturated heterocycles. The molecule has 0 atom stereocenters. The number of amides is 2. The van der Waals surface area contributed by atoms with Gasteiger partial charge in [-0.25, -0.2) is 10.5 Å². The van der Waals surface area contributed by atoms with Crippen LogP contribution in [0.25, 0.3) is 11.6 Å². The molecule has 3 N–H and O–H groups in total.